The van der Waals surface area contributed by atoms with Gasteiger partial charge in [0.1, 0.15) is 4.90 Å². The molecule has 6 nitrogen and oxygen atoms in total. The van der Waals surface area contributed by atoms with Crippen LogP contribution in [0.1, 0.15) is 26.2 Å². The van der Waals surface area contributed by atoms with Crippen LogP contribution in [0.15, 0.2) is 23.4 Å². The lowest BCUT2D eigenvalue weighted by Gasteiger charge is -2.20. The van der Waals surface area contributed by atoms with E-state index in [9.17, 15) is 8.42 Å². The second-order valence-corrected chi connectivity index (χ2v) is 7.27. The molecular formula is C14H21N3O3S. The van der Waals surface area contributed by atoms with Crippen LogP contribution in [0.25, 0.3) is 0 Å². The molecule has 0 spiro atoms. The highest BCUT2D eigenvalue weighted by Crippen LogP contribution is 2.39. The number of rotatable bonds is 6. The molecule has 3 rings (SSSR count). The summed E-state index contributed by atoms with van der Waals surface area (Å²) in [5.74, 6) is 0.516. The summed E-state index contributed by atoms with van der Waals surface area (Å²) in [5, 5.41) is 3.06. The molecule has 2 N–H and O–H groups in total. The van der Waals surface area contributed by atoms with E-state index in [1.807, 2.05) is 6.92 Å². The second kappa shape index (κ2) is 5.90. The van der Waals surface area contributed by atoms with Gasteiger partial charge in [-0.1, -0.05) is 0 Å². The van der Waals surface area contributed by atoms with Gasteiger partial charge in [0, 0.05) is 25.5 Å². The summed E-state index contributed by atoms with van der Waals surface area (Å²) in [5.41, 5.74) is 0.585. The number of nitrogens with zero attached hydrogens (tertiary/aromatic N) is 1. The van der Waals surface area contributed by atoms with E-state index in [1.54, 1.807) is 12.3 Å². The minimum atomic E-state index is -3.59. The molecule has 0 bridgehead atoms. The van der Waals surface area contributed by atoms with Crippen LogP contribution in [0.5, 0.6) is 0 Å². The zero-order valence-electron chi connectivity index (χ0n) is 12.1. The predicted octanol–water partition coefficient (Wildman–Crippen LogP) is 1.36. The third-order valence-corrected chi connectivity index (χ3v) is 5.49. The molecule has 2 aliphatic rings. The molecular weight excluding hydrogens is 290 g/mol. The van der Waals surface area contributed by atoms with Crippen molar-refractivity contribution in [2.24, 2.45) is 5.92 Å². The molecule has 2 heterocycles. The smallest absolute Gasteiger partial charge is 0.244 e. The maximum absolute atomic E-state index is 12.6. The highest BCUT2D eigenvalue weighted by atomic mass is 32.2. The fourth-order valence-electron chi connectivity index (χ4n) is 2.82. The molecule has 1 aliphatic heterocycles. The van der Waals surface area contributed by atoms with Gasteiger partial charge in [0.05, 0.1) is 17.8 Å². The third-order valence-electron chi connectivity index (χ3n) is 3.97. The molecule has 1 aliphatic carbocycles. The van der Waals surface area contributed by atoms with E-state index in [0.717, 1.165) is 19.3 Å². The van der Waals surface area contributed by atoms with Gasteiger partial charge < -0.3 is 10.1 Å². The van der Waals surface area contributed by atoms with E-state index in [2.05, 4.69) is 15.0 Å². The zero-order valence-corrected chi connectivity index (χ0v) is 12.9. The van der Waals surface area contributed by atoms with Gasteiger partial charge in [-0.25, -0.2) is 13.1 Å². The number of hydrogen-bond donors (Lipinski definition) is 2. The van der Waals surface area contributed by atoms with Crippen molar-refractivity contribution in [2.75, 3.05) is 18.5 Å². The highest BCUT2D eigenvalue weighted by molar-refractivity contribution is 7.89. The van der Waals surface area contributed by atoms with Gasteiger partial charge in [0.25, 0.3) is 0 Å². The van der Waals surface area contributed by atoms with Crippen molar-refractivity contribution in [1.82, 2.24) is 9.71 Å². The molecule has 1 aromatic rings. The van der Waals surface area contributed by atoms with Crippen LogP contribution in [-0.2, 0) is 14.8 Å². The number of hydrogen-bond acceptors (Lipinski definition) is 5. The Balaban J connectivity index is 1.80. The van der Waals surface area contributed by atoms with Crippen molar-refractivity contribution in [2.45, 2.75) is 43.2 Å². The average Bonchev–Trinajstić information content (AvgIpc) is 3.20. The van der Waals surface area contributed by atoms with Crippen molar-refractivity contribution < 1.29 is 13.2 Å². The lowest BCUT2D eigenvalue weighted by atomic mass is 10.1. The molecule has 1 saturated heterocycles. The van der Waals surface area contributed by atoms with Crippen molar-refractivity contribution in [3.05, 3.63) is 18.5 Å². The lowest BCUT2D eigenvalue weighted by molar-refractivity contribution is 0.0848. The highest BCUT2D eigenvalue weighted by Gasteiger charge is 2.42. The molecule has 116 valence electrons. The standard InChI is InChI=1S/C14H21N3O3S/c1-2-16-11-5-7-15-9-13(11)21(18,19)17-12-6-8-20-14(12)10-3-4-10/h5,7,9-10,12,14,17H,2-4,6,8H2,1H3,(H,15,16). The molecule has 1 aromatic heterocycles. The minimum Gasteiger partial charge on any atom is -0.384 e. The average molecular weight is 311 g/mol. The number of aromatic nitrogens is 1. The van der Waals surface area contributed by atoms with E-state index >= 15 is 0 Å². The fourth-order valence-corrected chi connectivity index (χ4v) is 4.23. The number of pyridine rings is 1. The Morgan fingerprint density at radius 2 is 2.19 bits per heavy atom. The first-order valence-electron chi connectivity index (χ1n) is 7.43. The first kappa shape index (κ1) is 14.7. The van der Waals surface area contributed by atoms with Gasteiger partial charge in [0.15, 0.2) is 0 Å². The molecule has 2 atom stereocenters. The van der Waals surface area contributed by atoms with Crippen LogP contribution in [0.4, 0.5) is 5.69 Å². The molecule has 1 saturated carbocycles. The van der Waals surface area contributed by atoms with Crippen LogP contribution in [0.3, 0.4) is 0 Å². The maximum Gasteiger partial charge on any atom is 0.244 e. The number of ether oxygens (including phenoxy) is 1. The quantitative estimate of drug-likeness (QED) is 0.829. The van der Waals surface area contributed by atoms with Crippen LogP contribution >= 0.6 is 0 Å². The largest absolute Gasteiger partial charge is 0.384 e. The van der Waals surface area contributed by atoms with Crippen LogP contribution in [0, 0.1) is 5.92 Å². The summed E-state index contributed by atoms with van der Waals surface area (Å²) < 4.78 is 33.8. The SMILES string of the molecule is CCNc1ccncc1S(=O)(=O)NC1CCOC1C1CC1. The van der Waals surface area contributed by atoms with Gasteiger partial charge in [-0.05, 0) is 38.2 Å². The summed E-state index contributed by atoms with van der Waals surface area (Å²) >= 11 is 0. The van der Waals surface area contributed by atoms with Gasteiger partial charge in [-0.3, -0.25) is 4.98 Å². The normalized spacial score (nSPS) is 26.0. The fraction of sp³-hybridized carbons (Fsp3) is 0.643. The van der Waals surface area contributed by atoms with Crippen LogP contribution in [-0.4, -0.2) is 38.7 Å². The van der Waals surface area contributed by atoms with E-state index in [-0.39, 0.29) is 17.0 Å². The monoisotopic (exact) mass is 311 g/mol. The molecule has 2 unspecified atom stereocenters. The Hall–Kier alpha value is -1.18. The first-order chi connectivity index (χ1) is 10.1. The summed E-state index contributed by atoms with van der Waals surface area (Å²) in [6.07, 6.45) is 6.01. The second-order valence-electron chi connectivity index (χ2n) is 5.59. The van der Waals surface area contributed by atoms with E-state index in [1.165, 1.54) is 6.20 Å². The molecule has 7 heteroatoms. The molecule has 21 heavy (non-hydrogen) atoms. The maximum atomic E-state index is 12.6. The Morgan fingerprint density at radius 1 is 1.38 bits per heavy atom. The first-order valence-corrected chi connectivity index (χ1v) is 8.92. The number of sulfonamides is 1. The van der Waals surface area contributed by atoms with Crippen molar-refractivity contribution in [1.29, 1.82) is 0 Å². The van der Waals surface area contributed by atoms with Crippen LogP contribution in [0.2, 0.25) is 0 Å². The Morgan fingerprint density at radius 3 is 2.90 bits per heavy atom. The lowest BCUT2D eigenvalue weighted by Crippen LogP contribution is -2.41. The number of anilines is 1. The summed E-state index contributed by atoms with van der Waals surface area (Å²) in [7, 11) is -3.59. The molecule has 0 radical (unpaired) electrons. The molecule has 0 amide bonds. The summed E-state index contributed by atoms with van der Waals surface area (Å²) in [6.45, 7) is 3.21. The van der Waals surface area contributed by atoms with Gasteiger partial charge in [0.2, 0.25) is 10.0 Å². The van der Waals surface area contributed by atoms with E-state index < -0.39 is 10.0 Å². The van der Waals surface area contributed by atoms with Gasteiger partial charge in [-0.2, -0.15) is 0 Å². The summed E-state index contributed by atoms with van der Waals surface area (Å²) in [6, 6.07) is 1.55. The Labute approximate surface area is 125 Å². The number of nitrogens with one attached hydrogen (secondary N) is 2. The van der Waals surface area contributed by atoms with Gasteiger partial charge >= 0.3 is 0 Å². The summed E-state index contributed by atoms with van der Waals surface area (Å²) in [4.78, 5) is 4.15. The van der Waals surface area contributed by atoms with Gasteiger partial charge in [-0.15, -0.1) is 0 Å². The van der Waals surface area contributed by atoms with E-state index in [4.69, 9.17) is 4.74 Å². The zero-order chi connectivity index (χ0) is 14.9. The predicted molar refractivity (Wildman–Crippen MR) is 79.6 cm³/mol. The Bertz CT molecular complexity index is 601. The third kappa shape index (κ3) is 3.20. The topological polar surface area (TPSA) is 80.3 Å². The van der Waals surface area contributed by atoms with Crippen molar-refractivity contribution >= 4 is 15.7 Å². The van der Waals surface area contributed by atoms with Crippen LogP contribution < -0.4 is 10.0 Å². The minimum absolute atomic E-state index is 0.0269. The molecule has 2 fully saturated rings. The van der Waals surface area contributed by atoms with Crippen molar-refractivity contribution in [3.63, 3.8) is 0 Å². The Kier molecular flexibility index (Phi) is 4.14. The molecule has 0 aromatic carbocycles. The van der Waals surface area contributed by atoms with Crippen molar-refractivity contribution in [3.8, 4) is 0 Å². The van der Waals surface area contributed by atoms with E-state index in [0.29, 0.717) is 24.8 Å².